The van der Waals surface area contributed by atoms with Crippen molar-refractivity contribution in [2.24, 2.45) is 5.92 Å². The minimum absolute atomic E-state index is 0.173. The average Bonchev–Trinajstić information content (AvgIpc) is 3.47. The Morgan fingerprint density at radius 1 is 1.06 bits per heavy atom. The highest BCUT2D eigenvalue weighted by molar-refractivity contribution is 5.96. The van der Waals surface area contributed by atoms with Gasteiger partial charge in [-0.2, -0.15) is 0 Å². The van der Waals surface area contributed by atoms with Gasteiger partial charge in [0.1, 0.15) is 0 Å². The second kappa shape index (κ2) is 9.17. The van der Waals surface area contributed by atoms with Crippen molar-refractivity contribution in [3.8, 4) is 0 Å². The van der Waals surface area contributed by atoms with Crippen molar-refractivity contribution >= 4 is 17.1 Å². The molecule has 6 heteroatoms. The molecule has 1 aromatic carbocycles. The number of benzene rings is 1. The van der Waals surface area contributed by atoms with E-state index in [-0.39, 0.29) is 5.91 Å². The van der Waals surface area contributed by atoms with Crippen molar-refractivity contribution in [1.82, 2.24) is 19.3 Å². The maximum Gasteiger partial charge on any atom is 0.254 e. The molecule has 1 amide bonds. The van der Waals surface area contributed by atoms with Gasteiger partial charge in [0.15, 0.2) is 0 Å². The van der Waals surface area contributed by atoms with Crippen LogP contribution >= 0.6 is 0 Å². The lowest BCUT2D eigenvalue weighted by Gasteiger charge is -2.39. The first-order chi connectivity index (χ1) is 17.2. The zero-order chi connectivity index (χ0) is 23.8. The minimum Gasteiger partial charge on any atom is -0.381 e. The number of hydrogen-bond donors (Lipinski definition) is 1. The third kappa shape index (κ3) is 4.29. The molecular weight excluding hydrogens is 434 g/mol. The number of nitrogens with one attached hydrogen (secondary N) is 1. The van der Waals surface area contributed by atoms with E-state index in [2.05, 4.69) is 57.0 Å². The van der Waals surface area contributed by atoms with Gasteiger partial charge in [-0.1, -0.05) is 12.1 Å². The van der Waals surface area contributed by atoms with Crippen LogP contribution in [0.2, 0.25) is 0 Å². The van der Waals surface area contributed by atoms with Crippen LogP contribution in [0.5, 0.6) is 0 Å². The van der Waals surface area contributed by atoms with Crippen LogP contribution in [0.3, 0.4) is 0 Å². The number of pyridine rings is 1. The molecule has 1 N–H and O–H groups in total. The Bertz CT molecular complexity index is 1330. The lowest BCUT2D eigenvalue weighted by atomic mass is 9.86. The number of aromatic nitrogens is 3. The molecule has 2 aliphatic rings. The molecule has 2 saturated heterocycles. The predicted molar refractivity (Wildman–Crippen MR) is 137 cm³/mol. The highest BCUT2D eigenvalue weighted by atomic mass is 16.2. The van der Waals surface area contributed by atoms with E-state index in [0.717, 1.165) is 54.5 Å². The van der Waals surface area contributed by atoms with Gasteiger partial charge < -0.3 is 14.6 Å². The Morgan fingerprint density at radius 2 is 1.91 bits per heavy atom. The van der Waals surface area contributed by atoms with E-state index in [4.69, 9.17) is 4.98 Å². The molecule has 2 aliphatic heterocycles. The Labute approximate surface area is 206 Å². The summed E-state index contributed by atoms with van der Waals surface area (Å²) in [7, 11) is 0. The standard InChI is InChI=1S/C29H31N5O/c1-20-6-7-23(17-26(20)32-19-21-4-2-10-30-18-21)29(35)34-24-8-9-25(34)15-22(14-24)16-27-28-5-3-12-33(28)13-11-31-27/h2-7,10-13,17-18,22,24-25,32H,8-9,14-16,19H2,1H3. The number of aryl methyl sites for hydroxylation is 1. The summed E-state index contributed by atoms with van der Waals surface area (Å²) in [6.07, 6.45) is 14.9. The number of amides is 1. The van der Waals surface area contributed by atoms with E-state index >= 15 is 0 Å². The molecule has 4 aromatic rings. The van der Waals surface area contributed by atoms with Gasteiger partial charge in [0, 0.05) is 60.9 Å². The third-order valence-corrected chi connectivity index (χ3v) is 7.77. The number of anilines is 1. The van der Waals surface area contributed by atoms with Gasteiger partial charge >= 0.3 is 0 Å². The zero-order valence-corrected chi connectivity index (χ0v) is 20.1. The molecular formula is C29H31N5O. The number of nitrogens with zero attached hydrogens (tertiary/aromatic N) is 4. The third-order valence-electron chi connectivity index (χ3n) is 7.77. The van der Waals surface area contributed by atoms with Crippen LogP contribution in [-0.4, -0.2) is 37.3 Å². The van der Waals surface area contributed by atoms with Crippen molar-refractivity contribution in [3.05, 3.63) is 95.8 Å². The van der Waals surface area contributed by atoms with E-state index in [9.17, 15) is 4.79 Å². The minimum atomic E-state index is 0.173. The SMILES string of the molecule is Cc1ccc(C(=O)N2C3CCC2CC(Cc2nccn4cccc24)C3)cc1NCc1cccnc1. The Morgan fingerprint density at radius 3 is 2.71 bits per heavy atom. The summed E-state index contributed by atoms with van der Waals surface area (Å²) in [5.41, 5.74) is 6.41. The fourth-order valence-electron chi connectivity index (χ4n) is 6.04. The van der Waals surface area contributed by atoms with Gasteiger partial charge in [0.25, 0.3) is 5.91 Å². The molecule has 6 rings (SSSR count). The monoisotopic (exact) mass is 465 g/mol. The molecule has 3 aromatic heterocycles. The van der Waals surface area contributed by atoms with Crippen molar-refractivity contribution in [2.45, 2.75) is 57.7 Å². The van der Waals surface area contributed by atoms with Gasteiger partial charge in [-0.05, 0) is 86.4 Å². The Kier molecular flexibility index (Phi) is 5.72. The van der Waals surface area contributed by atoms with Crippen LogP contribution in [0.1, 0.15) is 52.9 Å². The number of carbonyl (C=O) groups excluding carboxylic acids is 1. The molecule has 2 atom stereocenters. The van der Waals surface area contributed by atoms with Crippen molar-refractivity contribution < 1.29 is 4.79 Å². The number of piperidine rings is 1. The van der Waals surface area contributed by atoms with Crippen LogP contribution in [0, 0.1) is 12.8 Å². The normalized spacial score (nSPS) is 21.4. The molecule has 178 valence electrons. The Balaban J connectivity index is 1.16. The van der Waals surface area contributed by atoms with Crippen molar-refractivity contribution in [3.63, 3.8) is 0 Å². The maximum absolute atomic E-state index is 13.7. The maximum atomic E-state index is 13.7. The number of fused-ring (bicyclic) bond motifs is 3. The molecule has 2 fully saturated rings. The number of hydrogen-bond acceptors (Lipinski definition) is 4. The highest BCUT2D eigenvalue weighted by Crippen LogP contribution is 2.41. The van der Waals surface area contributed by atoms with Gasteiger partial charge in [0.05, 0.1) is 11.2 Å². The molecule has 5 heterocycles. The van der Waals surface area contributed by atoms with Gasteiger partial charge in [-0.25, -0.2) is 0 Å². The van der Waals surface area contributed by atoms with Gasteiger partial charge in [-0.3, -0.25) is 14.8 Å². The van der Waals surface area contributed by atoms with E-state index < -0.39 is 0 Å². The summed E-state index contributed by atoms with van der Waals surface area (Å²) in [6.45, 7) is 2.76. The second-order valence-corrected chi connectivity index (χ2v) is 10.1. The molecule has 0 spiro atoms. The smallest absolute Gasteiger partial charge is 0.254 e. The van der Waals surface area contributed by atoms with Crippen molar-refractivity contribution in [1.29, 1.82) is 0 Å². The zero-order valence-electron chi connectivity index (χ0n) is 20.1. The molecule has 0 aliphatic carbocycles. The van der Waals surface area contributed by atoms with Crippen molar-refractivity contribution in [2.75, 3.05) is 5.32 Å². The molecule has 35 heavy (non-hydrogen) atoms. The summed E-state index contributed by atoms with van der Waals surface area (Å²) in [5.74, 6) is 0.743. The van der Waals surface area contributed by atoms with E-state index in [1.54, 1.807) is 6.20 Å². The van der Waals surface area contributed by atoms with Gasteiger partial charge in [-0.15, -0.1) is 0 Å². The topological polar surface area (TPSA) is 62.5 Å². The first kappa shape index (κ1) is 21.8. The average molecular weight is 466 g/mol. The van der Waals surface area contributed by atoms with E-state index in [0.29, 0.717) is 24.5 Å². The summed E-state index contributed by atoms with van der Waals surface area (Å²) in [5, 5.41) is 3.49. The fraction of sp³-hybridized carbons (Fsp3) is 0.345. The summed E-state index contributed by atoms with van der Waals surface area (Å²) >= 11 is 0. The molecule has 2 bridgehead atoms. The van der Waals surface area contributed by atoms with Crippen LogP contribution in [0.25, 0.3) is 5.52 Å². The summed E-state index contributed by atoms with van der Waals surface area (Å²) < 4.78 is 2.15. The number of rotatable bonds is 6. The van der Waals surface area contributed by atoms with E-state index in [1.807, 2.05) is 36.8 Å². The Hall–Kier alpha value is -3.67. The molecule has 6 nitrogen and oxygen atoms in total. The second-order valence-electron chi connectivity index (χ2n) is 10.1. The lowest BCUT2D eigenvalue weighted by Crippen LogP contribution is -2.47. The lowest BCUT2D eigenvalue weighted by molar-refractivity contribution is 0.0524. The molecule has 0 saturated carbocycles. The summed E-state index contributed by atoms with van der Waals surface area (Å²) in [6, 6.07) is 14.9. The van der Waals surface area contributed by atoms with Crippen LogP contribution in [0.15, 0.2) is 73.4 Å². The first-order valence-corrected chi connectivity index (χ1v) is 12.6. The predicted octanol–water partition coefficient (Wildman–Crippen LogP) is 5.28. The van der Waals surface area contributed by atoms with Crippen LogP contribution < -0.4 is 5.32 Å². The number of carbonyl (C=O) groups is 1. The first-order valence-electron chi connectivity index (χ1n) is 12.6. The van der Waals surface area contributed by atoms with Gasteiger partial charge in [0.2, 0.25) is 0 Å². The molecule has 0 radical (unpaired) electrons. The highest BCUT2D eigenvalue weighted by Gasteiger charge is 2.43. The summed E-state index contributed by atoms with van der Waals surface area (Å²) in [4.78, 5) is 24.7. The quantitative estimate of drug-likeness (QED) is 0.421. The molecule has 2 unspecified atom stereocenters. The largest absolute Gasteiger partial charge is 0.381 e. The fourth-order valence-corrected chi connectivity index (χ4v) is 6.04. The van der Waals surface area contributed by atoms with Crippen LogP contribution in [0.4, 0.5) is 5.69 Å². The van der Waals surface area contributed by atoms with Crippen LogP contribution in [-0.2, 0) is 13.0 Å². The van der Waals surface area contributed by atoms with E-state index in [1.165, 1.54) is 11.2 Å².